The number of hydrogen-bond donors (Lipinski definition) is 1. The maximum Gasteiger partial charge on any atom is 0.226 e. The van der Waals surface area contributed by atoms with Gasteiger partial charge in [-0.25, -0.2) is 4.98 Å². The molecule has 1 amide bonds. The third-order valence-corrected chi connectivity index (χ3v) is 3.83. The first-order valence-electron chi connectivity index (χ1n) is 6.93. The van der Waals surface area contributed by atoms with Crippen molar-refractivity contribution in [3.05, 3.63) is 40.6 Å². The smallest absolute Gasteiger partial charge is 0.226 e. The SMILES string of the molecule is CCC(C)NC(=O)Cc1csc(COc2cccnc2)n1. The molecule has 0 aromatic carbocycles. The van der Waals surface area contributed by atoms with Crippen molar-refractivity contribution in [2.45, 2.75) is 39.3 Å². The molecule has 2 rings (SSSR count). The Bertz CT molecular complexity index is 571. The Hall–Kier alpha value is -1.95. The molecule has 0 spiro atoms. The van der Waals surface area contributed by atoms with Crippen LogP contribution in [-0.4, -0.2) is 21.9 Å². The van der Waals surface area contributed by atoms with Gasteiger partial charge in [0.15, 0.2) is 0 Å². The molecule has 0 radical (unpaired) electrons. The van der Waals surface area contributed by atoms with Crippen LogP contribution >= 0.6 is 11.3 Å². The Balaban J connectivity index is 1.82. The zero-order valence-electron chi connectivity index (χ0n) is 12.2. The zero-order chi connectivity index (χ0) is 15.1. The van der Waals surface area contributed by atoms with Gasteiger partial charge in [0.2, 0.25) is 5.91 Å². The van der Waals surface area contributed by atoms with Crippen molar-refractivity contribution in [1.29, 1.82) is 0 Å². The number of rotatable bonds is 7. The molecule has 0 fully saturated rings. The number of nitrogens with zero attached hydrogens (tertiary/aromatic N) is 2. The first-order valence-corrected chi connectivity index (χ1v) is 7.80. The number of ether oxygens (including phenoxy) is 1. The second kappa shape index (κ2) is 7.73. The van der Waals surface area contributed by atoms with Crippen LogP contribution in [-0.2, 0) is 17.8 Å². The number of thiazole rings is 1. The fourth-order valence-electron chi connectivity index (χ4n) is 1.67. The van der Waals surface area contributed by atoms with E-state index < -0.39 is 0 Å². The molecule has 0 aliphatic rings. The standard InChI is InChI=1S/C15H19N3O2S/c1-3-11(2)17-14(19)7-12-10-21-15(18-12)9-20-13-5-4-6-16-8-13/h4-6,8,10-11H,3,7,9H2,1-2H3,(H,17,19). The van der Waals surface area contributed by atoms with Gasteiger partial charge in [0.05, 0.1) is 18.3 Å². The van der Waals surface area contributed by atoms with Gasteiger partial charge >= 0.3 is 0 Å². The lowest BCUT2D eigenvalue weighted by Crippen LogP contribution is -2.33. The van der Waals surface area contributed by atoms with Crippen molar-refractivity contribution in [2.75, 3.05) is 0 Å². The van der Waals surface area contributed by atoms with Crippen LogP contribution in [0.3, 0.4) is 0 Å². The van der Waals surface area contributed by atoms with Crippen molar-refractivity contribution >= 4 is 17.2 Å². The summed E-state index contributed by atoms with van der Waals surface area (Å²) in [5, 5.41) is 5.68. The van der Waals surface area contributed by atoms with E-state index in [9.17, 15) is 4.79 Å². The van der Waals surface area contributed by atoms with Crippen LogP contribution in [0, 0.1) is 0 Å². The topological polar surface area (TPSA) is 64.1 Å². The molecule has 2 aromatic heterocycles. The van der Waals surface area contributed by atoms with Crippen molar-refractivity contribution in [3.63, 3.8) is 0 Å². The molecular formula is C15H19N3O2S. The second-order valence-corrected chi connectivity index (χ2v) is 5.71. The molecule has 0 saturated heterocycles. The fourth-order valence-corrected chi connectivity index (χ4v) is 2.37. The Morgan fingerprint density at radius 1 is 1.52 bits per heavy atom. The first-order chi connectivity index (χ1) is 10.2. The summed E-state index contributed by atoms with van der Waals surface area (Å²) in [5.41, 5.74) is 0.783. The van der Waals surface area contributed by atoms with Gasteiger partial charge < -0.3 is 10.1 Å². The number of aromatic nitrogens is 2. The summed E-state index contributed by atoms with van der Waals surface area (Å²) < 4.78 is 5.58. The zero-order valence-corrected chi connectivity index (χ0v) is 13.0. The van der Waals surface area contributed by atoms with Gasteiger partial charge in [0.25, 0.3) is 0 Å². The van der Waals surface area contributed by atoms with Crippen molar-refractivity contribution in [2.24, 2.45) is 0 Å². The fraction of sp³-hybridized carbons (Fsp3) is 0.400. The number of carbonyl (C=O) groups excluding carboxylic acids is 1. The van der Waals surface area contributed by atoms with Gasteiger partial charge in [-0.2, -0.15) is 0 Å². The molecule has 0 aliphatic carbocycles. The highest BCUT2D eigenvalue weighted by Gasteiger charge is 2.10. The normalized spacial score (nSPS) is 11.9. The minimum Gasteiger partial charge on any atom is -0.485 e. The van der Waals surface area contributed by atoms with Gasteiger partial charge in [0, 0.05) is 17.6 Å². The predicted octanol–water partition coefficient (Wildman–Crippen LogP) is 2.57. The Morgan fingerprint density at radius 2 is 2.38 bits per heavy atom. The van der Waals surface area contributed by atoms with Gasteiger partial charge in [-0.3, -0.25) is 9.78 Å². The lowest BCUT2D eigenvalue weighted by molar-refractivity contribution is -0.121. The van der Waals surface area contributed by atoms with Crippen molar-refractivity contribution in [1.82, 2.24) is 15.3 Å². The lowest BCUT2D eigenvalue weighted by Gasteiger charge is -2.10. The molecule has 1 atom stereocenters. The minimum absolute atomic E-state index is 0.00868. The average Bonchev–Trinajstić information content (AvgIpc) is 2.93. The lowest BCUT2D eigenvalue weighted by atomic mass is 10.2. The van der Waals surface area contributed by atoms with E-state index in [1.54, 1.807) is 12.4 Å². The second-order valence-electron chi connectivity index (χ2n) is 4.76. The molecule has 5 nitrogen and oxygen atoms in total. The monoisotopic (exact) mass is 305 g/mol. The number of amides is 1. The minimum atomic E-state index is 0.00868. The van der Waals surface area contributed by atoms with Gasteiger partial charge in [-0.1, -0.05) is 6.92 Å². The van der Waals surface area contributed by atoms with E-state index in [4.69, 9.17) is 4.74 Å². The molecule has 6 heteroatoms. The molecule has 112 valence electrons. The third-order valence-electron chi connectivity index (χ3n) is 2.96. The van der Waals surface area contributed by atoms with E-state index >= 15 is 0 Å². The molecular weight excluding hydrogens is 286 g/mol. The van der Waals surface area contributed by atoms with E-state index in [0.29, 0.717) is 18.8 Å². The van der Waals surface area contributed by atoms with E-state index in [-0.39, 0.29) is 11.9 Å². The van der Waals surface area contributed by atoms with E-state index in [0.717, 1.165) is 17.1 Å². The van der Waals surface area contributed by atoms with Crippen molar-refractivity contribution in [3.8, 4) is 5.75 Å². The molecule has 1 N–H and O–H groups in total. The number of nitrogens with one attached hydrogen (secondary N) is 1. The maximum atomic E-state index is 11.8. The first kappa shape index (κ1) is 15.4. The van der Waals surface area contributed by atoms with E-state index in [2.05, 4.69) is 15.3 Å². The van der Waals surface area contributed by atoms with Crippen LogP contribution in [0.2, 0.25) is 0 Å². The summed E-state index contributed by atoms with van der Waals surface area (Å²) >= 11 is 1.50. The average molecular weight is 305 g/mol. The van der Waals surface area contributed by atoms with Crippen LogP contribution in [0.4, 0.5) is 0 Å². The Morgan fingerprint density at radius 3 is 3.10 bits per heavy atom. The highest BCUT2D eigenvalue weighted by molar-refractivity contribution is 7.09. The van der Waals surface area contributed by atoms with Gasteiger partial charge in [0.1, 0.15) is 17.4 Å². The summed E-state index contributed by atoms with van der Waals surface area (Å²) in [5.74, 6) is 0.721. The van der Waals surface area contributed by atoms with Crippen LogP contribution < -0.4 is 10.1 Å². The summed E-state index contributed by atoms with van der Waals surface area (Å²) in [6.07, 6.45) is 4.60. The van der Waals surface area contributed by atoms with Crippen LogP contribution in [0.5, 0.6) is 5.75 Å². The number of hydrogen-bond acceptors (Lipinski definition) is 5. The summed E-state index contributed by atoms with van der Waals surface area (Å²) in [6.45, 7) is 4.43. The third kappa shape index (κ3) is 5.15. The summed E-state index contributed by atoms with van der Waals surface area (Å²) in [6, 6.07) is 3.87. The van der Waals surface area contributed by atoms with Crippen LogP contribution in [0.25, 0.3) is 0 Å². The molecule has 0 aliphatic heterocycles. The van der Waals surface area contributed by atoms with Gasteiger partial charge in [-0.05, 0) is 25.5 Å². The number of carbonyl (C=O) groups is 1. The van der Waals surface area contributed by atoms with Crippen LogP contribution in [0.15, 0.2) is 29.9 Å². The molecule has 0 bridgehead atoms. The van der Waals surface area contributed by atoms with E-state index in [1.807, 2.05) is 31.4 Å². The highest BCUT2D eigenvalue weighted by atomic mass is 32.1. The summed E-state index contributed by atoms with van der Waals surface area (Å²) in [7, 11) is 0. The predicted molar refractivity (Wildman–Crippen MR) is 82.3 cm³/mol. The van der Waals surface area contributed by atoms with Crippen molar-refractivity contribution < 1.29 is 9.53 Å². The Kier molecular flexibility index (Phi) is 5.68. The maximum absolute atomic E-state index is 11.8. The molecule has 2 heterocycles. The van der Waals surface area contributed by atoms with Gasteiger partial charge in [-0.15, -0.1) is 11.3 Å². The highest BCUT2D eigenvalue weighted by Crippen LogP contribution is 2.14. The van der Waals surface area contributed by atoms with Crippen LogP contribution in [0.1, 0.15) is 31.0 Å². The molecule has 0 saturated carbocycles. The largest absolute Gasteiger partial charge is 0.485 e. The summed E-state index contributed by atoms with van der Waals surface area (Å²) in [4.78, 5) is 20.2. The quantitative estimate of drug-likeness (QED) is 0.854. The molecule has 2 aromatic rings. The molecule has 21 heavy (non-hydrogen) atoms. The number of pyridine rings is 1. The Labute approximate surface area is 128 Å². The van der Waals surface area contributed by atoms with E-state index in [1.165, 1.54) is 11.3 Å². The molecule has 1 unspecified atom stereocenters.